The van der Waals surface area contributed by atoms with Gasteiger partial charge in [0.1, 0.15) is 5.75 Å². The predicted molar refractivity (Wildman–Crippen MR) is 105 cm³/mol. The Morgan fingerprint density at radius 1 is 1.12 bits per heavy atom. The summed E-state index contributed by atoms with van der Waals surface area (Å²) < 4.78 is 5.34. The minimum absolute atomic E-state index is 0.112. The van der Waals surface area contributed by atoms with Crippen molar-refractivity contribution in [3.05, 3.63) is 52.0 Å². The topological polar surface area (TPSA) is 58.6 Å². The summed E-state index contributed by atoms with van der Waals surface area (Å²) in [6.07, 6.45) is 0.112. The lowest BCUT2D eigenvalue weighted by Crippen LogP contribution is -2.32. The van der Waals surface area contributed by atoms with Gasteiger partial charge in [0.25, 0.3) is 0 Å². The lowest BCUT2D eigenvalue weighted by molar-refractivity contribution is -0.117. The van der Waals surface area contributed by atoms with Crippen molar-refractivity contribution < 1.29 is 14.3 Å². The summed E-state index contributed by atoms with van der Waals surface area (Å²) in [7, 11) is 1.54. The van der Waals surface area contributed by atoms with Crippen LogP contribution >= 0.6 is 23.2 Å². The molecule has 0 aromatic heterocycles. The van der Waals surface area contributed by atoms with E-state index in [1.807, 2.05) is 19.1 Å². The van der Waals surface area contributed by atoms with E-state index in [-0.39, 0.29) is 24.8 Å². The molecule has 2 rings (SSSR count). The summed E-state index contributed by atoms with van der Waals surface area (Å²) >= 11 is 11.9. The van der Waals surface area contributed by atoms with Gasteiger partial charge in [0.2, 0.25) is 11.8 Å². The van der Waals surface area contributed by atoms with Crippen LogP contribution in [0.1, 0.15) is 18.9 Å². The number of methoxy groups -OCH3 is 1. The molecule has 0 aliphatic carbocycles. The van der Waals surface area contributed by atoms with Crippen LogP contribution in [0.25, 0.3) is 0 Å². The summed E-state index contributed by atoms with van der Waals surface area (Å²) in [5.74, 6) is 0.154. The molecule has 26 heavy (non-hydrogen) atoms. The van der Waals surface area contributed by atoms with Crippen molar-refractivity contribution >= 4 is 46.4 Å². The van der Waals surface area contributed by atoms with Crippen LogP contribution in [0.5, 0.6) is 5.75 Å². The van der Waals surface area contributed by atoms with Gasteiger partial charge < -0.3 is 15.0 Å². The smallest absolute Gasteiger partial charge is 0.226 e. The minimum atomic E-state index is -0.249. The molecule has 0 heterocycles. The highest BCUT2D eigenvalue weighted by Gasteiger charge is 2.18. The summed E-state index contributed by atoms with van der Waals surface area (Å²) in [5.41, 5.74) is 2.14. The Kier molecular flexibility index (Phi) is 6.89. The molecular weight excluding hydrogens is 375 g/mol. The monoisotopic (exact) mass is 394 g/mol. The van der Waals surface area contributed by atoms with Crippen LogP contribution in [0.15, 0.2) is 36.4 Å². The van der Waals surface area contributed by atoms with Crippen molar-refractivity contribution in [1.29, 1.82) is 0 Å². The van der Waals surface area contributed by atoms with E-state index in [1.165, 1.54) is 11.8 Å². The van der Waals surface area contributed by atoms with Crippen LogP contribution in [-0.2, 0) is 9.59 Å². The molecule has 0 saturated heterocycles. The van der Waals surface area contributed by atoms with Gasteiger partial charge in [-0.15, -0.1) is 0 Å². The molecule has 0 atom stereocenters. The second-order valence-corrected chi connectivity index (χ2v) is 6.68. The van der Waals surface area contributed by atoms with Gasteiger partial charge in [-0.25, -0.2) is 0 Å². The van der Waals surface area contributed by atoms with Crippen LogP contribution in [-0.4, -0.2) is 25.5 Å². The molecule has 0 unspecified atom stereocenters. The van der Waals surface area contributed by atoms with Crippen molar-refractivity contribution in [2.75, 3.05) is 23.9 Å². The minimum Gasteiger partial charge on any atom is -0.495 e. The van der Waals surface area contributed by atoms with Crippen molar-refractivity contribution in [1.82, 2.24) is 0 Å². The van der Waals surface area contributed by atoms with Crippen LogP contribution in [0.2, 0.25) is 10.0 Å². The number of anilines is 2. The number of carbonyl (C=O) groups excluding carboxylic acids is 2. The van der Waals surface area contributed by atoms with E-state index in [4.69, 9.17) is 27.9 Å². The van der Waals surface area contributed by atoms with Gasteiger partial charge in [0, 0.05) is 35.6 Å². The summed E-state index contributed by atoms with van der Waals surface area (Å²) in [6, 6.07) is 10.4. The van der Waals surface area contributed by atoms with Gasteiger partial charge in [-0.2, -0.15) is 0 Å². The predicted octanol–water partition coefficient (Wildman–Crippen LogP) is 4.69. The Balaban J connectivity index is 2.10. The zero-order valence-corrected chi connectivity index (χ0v) is 16.3. The van der Waals surface area contributed by atoms with Crippen molar-refractivity contribution in [3.63, 3.8) is 0 Å². The summed E-state index contributed by atoms with van der Waals surface area (Å²) in [4.78, 5) is 25.9. The lowest BCUT2D eigenvalue weighted by Gasteiger charge is -2.23. The number of nitrogens with zero attached hydrogens (tertiary/aromatic N) is 1. The third-order valence-corrected chi connectivity index (χ3v) is 4.15. The largest absolute Gasteiger partial charge is 0.495 e. The number of halogens is 2. The maximum absolute atomic E-state index is 12.2. The number of carbonyl (C=O) groups is 2. The van der Waals surface area contributed by atoms with Crippen molar-refractivity contribution in [2.45, 2.75) is 20.3 Å². The van der Waals surface area contributed by atoms with E-state index < -0.39 is 0 Å². The Hall–Kier alpha value is -2.24. The van der Waals surface area contributed by atoms with E-state index >= 15 is 0 Å². The SMILES string of the molecule is COc1ccc(C)cc1N(CCC(=O)Nc1cc(Cl)cc(Cl)c1)C(C)=O. The molecule has 0 spiro atoms. The Morgan fingerprint density at radius 2 is 1.77 bits per heavy atom. The number of benzene rings is 2. The average Bonchev–Trinajstić information content (AvgIpc) is 2.54. The molecule has 138 valence electrons. The molecule has 2 aromatic carbocycles. The first-order chi connectivity index (χ1) is 12.3. The van der Waals surface area contributed by atoms with E-state index in [2.05, 4.69) is 5.32 Å². The molecule has 2 amide bonds. The molecular formula is C19H20Cl2N2O3. The maximum atomic E-state index is 12.2. The molecule has 0 radical (unpaired) electrons. The number of ether oxygens (including phenoxy) is 1. The second-order valence-electron chi connectivity index (χ2n) is 5.80. The summed E-state index contributed by atoms with van der Waals surface area (Å²) in [5, 5.41) is 3.60. The number of aryl methyl sites for hydroxylation is 1. The van der Waals surface area contributed by atoms with Crippen LogP contribution in [0.3, 0.4) is 0 Å². The summed E-state index contributed by atoms with van der Waals surface area (Å²) in [6.45, 7) is 3.60. The number of nitrogens with one attached hydrogen (secondary N) is 1. The van der Waals surface area contributed by atoms with Gasteiger partial charge in [0.15, 0.2) is 0 Å². The molecule has 0 bridgehead atoms. The molecule has 0 fully saturated rings. The molecule has 0 aliphatic heterocycles. The number of hydrogen-bond donors (Lipinski definition) is 1. The number of hydrogen-bond acceptors (Lipinski definition) is 3. The zero-order chi connectivity index (χ0) is 19.3. The zero-order valence-electron chi connectivity index (χ0n) is 14.8. The third-order valence-electron chi connectivity index (χ3n) is 3.71. The Bertz CT molecular complexity index is 804. The number of amides is 2. The van der Waals surface area contributed by atoms with Crippen LogP contribution in [0, 0.1) is 6.92 Å². The fourth-order valence-corrected chi connectivity index (χ4v) is 3.05. The quantitative estimate of drug-likeness (QED) is 0.772. The van der Waals surface area contributed by atoms with Gasteiger partial charge in [0.05, 0.1) is 12.8 Å². The van der Waals surface area contributed by atoms with Crippen LogP contribution < -0.4 is 15.0 Å². The van der Waals surface area contributed by atoms with Gasteiger partial charge in [-0.05, 0) is 42.8 Å². The van der Waals surface area contributed by atoms with Crippen LogP contribution in [0.4, 0.5) is 11.4 Å². The fourth-order valence-electron chi connectivity index (χ4n) is 2.52. The first kappa shape index (κ1) is 20.1. The Morgan fingerprint density at radius 3 is 2.35 bits per heavy atom. The Labute approximate surface area is 162 Å². The fraction of sp³-hybridized carbons (Fsp3) is 0.263. The maximum Gasteiger partial charge on any atom is 0.226 e. The highest BCUT2D eigenvalue weighted by atomic mass is 35.5. The highest BCUT2D eigenvalue weighted by molar-refractivity contribution is 6.35. The van der Waals surface area contributed by atoms with Crippen molar-refractivity contribution in [2.24, 2.45) is 0 Å². The normalized spacial score (nSPS) is 10.3. The van der Waals surface area contributed by atoms with Gasteiger partial charge in [-0.1, -0.05) is 29.3 Å². The van der Waals surface area contributed by atoms with E-state index in [1.54, 1.807) is 31.4 Å². The highest BCUT2D eigenvalue weighted by Crippen LogP contribution is 2.29. The first-order valence-electron chi connectivity index (χ1n) is 7.99. The lowest BCUT2D eigenvalue weighted by atomic mass is 10.1. The number of rotatable bonds is 6. The van der Waals surface area contributed by atoms with E-state index in [0.29, 0.717) is 27.2 Å². The standard InChI is InChI=1S/C19H20Cl2N2O3/c1-12-4-5-18(26-3)17(8-12)23(13(2)24)7-6-19(25)22-16-10-14(20)9-15(21)11-16/h4-5,8-11H,6-7H2,1-3H3,(H,22,25). The molecule has 2 aromatic rings. The van der Waals surface area contributed by atoms with E-state index in [9.17, 15) is 9.59 Å². The average molecular weight is 395 g/mol. The van der Waals surface area contributed by atoms with Gasteiger partial charge in [-0.3, -0.25) is 9.59 Å². The molecule has 0 saturated carbocycles. The molecule has 1 N–H and O–H groups in total. The van der Waals surface area contributed by atoms with Gasteiger partial charge >= 0.3 is 0 Å². The second kappa shape index (κ2) is 8.92. The van der Waals surface area contributed by atoms with Crippen molar-refractivity contribution in [3.8, 4) is 5.75 Å². The first-order valence-corrected chi connectivity index (χ1v) is 8.74. The molecule has 5 nitrogen and oxygen atoms in total. The third kappa shape index (κ3) is 5.38. The molecule has 7 heteroatoms. The molecule has 0 aliphatic rings. The van der Waals surface area contributed by atoms with E-state index in [0.717, 1.165) is 5.56 Å².